The molecule has 100 valence electrons. The Morgan fingerprint density at radius 2 is 2.05 bits per heavy atom. The first-order valence-electron chi connectivity index (χ1n) is 7.18. The average molecular weight is 255 g/mol. The first-order valence-corrected chi connectivity index (χ1v) is 7.18. The van der Waals surface area contributed by atoms with Crippen LogP contribution in [0.2, 0.25) is 0 Å². The average Bonchev–Trinajstić information content (AvgIpc) is 3.03. The lowest BCUT2D eigenvalue weighted by molar-refractivity contribution is 0.449. The van der Waals surface area contributed by atoms with Crippen LogP contribution in [0.25, 0.3) is 0 Å². The van der Waals surface area contributed by atoms with Crippen LogP contribution in [0, 0.1) is 6.92 Å². The number of hydrogen-bond donors (Lipinski definition) is 1. The van der Waals surface area contributed by atoms with Gasteiger partial charge in [0, 0.05) is 0 Å². The molecule has 1 atom stereocenters. The van der Waals surface area contributed by atoms with Crippen molar-refractivity contribution in [3.05, 3.63) is 58.5 Å². The smallest absolute Gasteiger partial charge is 0.128 e. The molecular weight excluding hydrogens is 234 g/mol. The number of rotatable bonds is 4. The van der Waals surface area contributed by atoms with Crippen molar-refractivity contribution in [2.24, 2.45) is 0 Å². The highest BCUT2D eigenvalue weighted by Crippen LogP contribution is 2.30. The van der Waals surface area contributed by atoms with E-state index in [4.69, 9.17) is 4.42 Å². The summed E-state index contributed by atoms with van der Waals surface area (Å²) in [5, 5.41) is 3.54. The Bertz CT molecular complexity index is 570. The number of benzene rings is 1. The molecule has 1 aliphatic carbocycles. The highest BCUT2D eigenvalue weighted by molar-refractivity contribution is 5.39. The molecule has 0 aliphatic heterocycles. The van der Waals surface area contributed by atoms with Gasteiger partial charge in [-0.2, -0.15) is 0 Å². The molecule has 0 fully saturated rings. The van der Waals surface area contributed by atoms with E-state index in [9.17, 15) is 0 Å². The van der Waals surface area contributed by atoms with E-state index < -0.39 is 0 Å². The van der Waals surface area contributed by atoms with Crippen molar-refractivity contribution in [2.45, 2.75) is 39.2 Å². The van der Waals surface area contributed by atoms with Crippen molar-refractivity contribution < 1.29 is 4.42 Å². The molecule has 1 unspecified atom stereocenters. The van der Waals surface area contributed by atoms with Crippen molar-refractivity contribution in [2.75, 3.05) is 6.54 Å². The van der Waals surface area contributed by atoms with Gasteiger partial charge in [-0.25, -0.2) is 0 Å². The number of hydrogen-bond acceptors (Lipinski definition) is 2. The summed E-state index contributed by atoms with van der Waals surface area (Å²) in [5.74, 6) is 1.04. The minimum absolute atomic E-state index is 0.172. The molecule has 1 heterocycles. The minimum atomic E-state index is 0.172. The van der Waals surface area contributed by atoms with Crippen molar-refractivity contribution >= 4 is 0 Å². The maximum absolute atomic E-state index is 5.69. The predicted molar refractivity (Wildman–Crippen MR) is 77.4 cm³/mol. The SMILES string of the molecule is CCNC(c1ccc2c(c1)CCC2)c1occc1C. The van der Waals surface area contributed by atoms with Crippen LogP contribution in [0.1, 0.15) is 47.4 Å². The fraction of sp³-hybridized carbons (Fsp3) is 0.412. The van der Waals surface area contributed by atoms with Gasteiger partial charge < -0.3 is 9.73 Å². The van der Waals surface area contributed by atoms with Crippen molar-refractivity contribution in [3.8, 4) is 0 Å². The maximum Gasteiger partial charge on any atom is 0.128 e. The van der Waals surface area contributed by atoms with Gasteiger partial charge in [0.1, 0.15) is 5.76 Å². The second-order valence-corrected chi connectivity index (χ2v) is 5.34. The fourth-order valence-electron chi connectivity index (χ4n) is 3.02. The van der Waals surface area contributed by atoms with Gasteiger partial charge in [0.25, 0.3) is 0 Å². The molecule has 0 saturated heterocycles. The second kappa shape index (κ2) is 5.22. The molecule has 3 rings (SSSR count). The van der Waals surface area contributed by atoms with Crippen molar-refractivity contribution in [1.82, 2.24) is 5.32 Å². The van der Waals surface area contributed by atoms with Crippen LogP contribution >= 0.6 is 0 Å². The Morgan fingerprint density at radius 1 is 1.21 bits per heavy atom. The van der Waals surface area contributed by atoms with E-state index in [-0.39, 0.29) is 6.04 Å². The fourth-order valence-corrected chi connectivity index (χ4v) is 3.02. The summed E-state index contributed by atoms with van der Waals surface area (Å²) in [6.45, 7) is 5.18. The number of aryl methyl sites for hydroxylation is 3. The van der Waals surface area contributed by atoms with Crippen LogP contribution in [-0.4, -0.2) is 6.54 Å². The highest BCUT2D eigenvalue weighted by atomic mass is 16.3. The van der Waals surface area contributed by atoms with Gasteiger partial charge >= 0.3 is 0 Å². The van der Waals surface area contributed by atoms with Crippen LogP contribution in [0.5, 0.6) is 0 Å². The standard InChI is InChI=1S/C17H21NO/c1-3-18-16(17-12(2)9-10-19-17)15-8-7-13-5-4-6-14(13)11-15/h7-11,16,18H,3-6H2,1-2H3. The molecule has 0 bridgehead atoms. The summed E-state index contributed by atoms with van der Waals surface area (Å²) < 4.78 is 5.69. The van der Waals surface area contributed by atoms with Crippen LogP contribution in [0.15, 0.2) is 34.9 Å². The Labute approximate surface area is 114 Å². The molecule has 19 heavy (non-hydrogen) atoms. The first kappa shape index (κ1) is 12.5. The van der Waals surface area contributed by atoms with Crippen LogP contribution in [-0.2, 0) is 12.8 Å². The quantitative estimate of drug-likeness (QED) is 0.899. The molecule has 1 aromatic heterocycles. The molecule has 0 radical (unpaired) electrons. The van der Waals surface area contributed by atoms with Crippen LogP contribution in [0.4, 0.5) is 0 Å². The van der Waals surface area contributed by atoms with E-state index in [2.05, 4.69) is 37.4 Å². The summed E-state index contributed by atoms with van der Waals surface area (Å²) in [6, 6.07) is 9.11. The predicted octanol–water partition coefficient (Wildman–Crippen LogP) is 3.78. The molecule has 2 aromatic rings. The van der Waals surface area contributed by atoms with Crippen molar-refractivity contribution in [3.63, 3.8) is 0 Å². The number of furan rings is 1. The molecule has 0 spiro atoms. The van der Waals surface area contributed by atoms with Gasteiger partial charge in [0.05, 0.1) is 12.3 Å². The largest absolute Gasteiger partial charge is 0.467 e. The van der Waals surface area contributed by atoms with Gasteiger partial charge in [-0.05, 0) is 61.1 Å². The number of fused-ring (bicyclic) bond motifs is 1. The molecule has 1 aliphatic rings. The normalized spacial score (nSPS) is 15.5. The second-order valence-electron chi connectivity index (χ2n) is 5.34. The summed E-state index contributed by atoms with van der Waals surface area (Å²) in [6.07, 6.45) is 5.53. The monoisotopic (exact) mass is 255 g/mol. The summed E-state index contributed by atoms with van der Waals surface area (Å²) in [4.78, 5) is 0. The van der Waals surface area contributed by atoms with Gasteiger partial charge in [-0.3, -0.25) is 0 Å². The minimum Gasteiger partial charge on any atom is -0.467 e. The molecule has 0 amide bonds. The van der Waals surface area contributed by atoms with E-state index in [0.29, 0.717) is 0 Å². The molecule has 1 aromatic carbocycles. The van der Waals surface area contributed by atoms with Gasteiger partial charge in [-0.15, -0.1) is 0 Å². The Kier molecular flexibility index (Phi) is 3.43. The molecule has 2 nitrogen and oxygen atoms in total. The Balaban J connectivity index is 1.98. The lowest BCUT2D eigenvalue weighted by Crippen LogP contribution is -2.22. The number of nitrogens with one attached hydrogen (secondary N) is 1. The van der Waals surface area contributed by atoms with E-state index >= 15 is 0 Å². The van der Waals surface area contributed by atoms with Gasteiger partial charge in [0.2, 0.25) is 0 Å². The third-order valence-electron chi connectivity index (χ3n) is 4.03. The molecular formula is C17H21NO. The Hall–Kier alpha value is -1.54. The summed E-state index contributed by atoms with van der Waals surface area (Å²) in [5.41, 5.74) is 5.58. The molecule has 2 heteroatoms. The molecule has 0 saturated carbocycles. The topological polar surface area (TPSA) is 25.2 Å². The summed E-state index contributed by atoms with van der Waals surface area (Å²) in [7, 11) is 0. The van der Waals surface area contributed by atoms with Gasteiger partial charge in [-0.1, -0.05) is 25.1 Å². The third-order valence-corrected chi connectivity index (χ3v) is 4.03. The Morgan fingerprint density at radius 3 is 2.79 bits per heavy atom. The van der Waals surface area contributed by atoms with Gasteiger partial charge in [0.15, 0.2) is 0 Å². The zero-order chi connectivity index (χ0) is 13.2. The van der Waals surface area contributed by atoms with E-state index in [1.54, 1.807) is 6.26 Å². The van der Waals surface area contributed by atoms with E-state index in [1.165, 1.54) is 41.5 Å². The zero-order valence-corrected chi connectivity index (χ0v) is 11.7. The maximum atomic E-state index is 5.69. The van der Waals surface area contributed by atoms with E-state index in [1.807, 2.05) is 6.07 Å². The third kappa shape index (κ3) is 2.33. The lowest BCUT2D eigenvalue weighted by atomic mass is 9.98. The zero-order valence-electron chi connectivity index (χ0n) is 11.7. The van der Waals surface area contributed by atoms with Crippen LogP contribution < -0.4 is 5.32 Å². The van der Waals surface area contributed by atoms with Crippen LogP contribution in [0.3, 0.4) is 0 Å². The lowest BCUT2D eigenvalue weighted by Gasteiger charge is -2.18. The molecule has 1 N–H and O–H groups in total. The first-order chi connectivity index (χ1) is 9.29. The van der Waals surface area contributed by atoms with Crippen molar-refractivity contribution in [1.29, 1.82) is 0 Å². The van der Waals surface area contributed by atoms with E-state index in [0.717, 1.165) is 12.3 Å². The highest BCUT2D eigenvalue weighted by Gasteiger charge is 2.20. The summed E-state index contributed by atoms with van der Waals surface area (Å²) >= 11 is 0.